The van der Waals surface area contributed by atoms with E-state index in [1.165, 1.54) is 0 Å². The van der Waals surface area contributed by atoms with Crippen molar-refractivity contribution >= 4 is 5.69 Å². The van der Waals surface area contributed by atoms with Crippen molar-refractivity contribution in [2.45, 2.75) is 46.1 Å². The van der Waals surface area contributed by atoms with Crippen LogP contribution >= 0.6 is 0 Å². The standard InChI is InChI=1S/C17H30N2O/c1-13(2)10-17(12-18,11-14(3)4)19-15-7-6-8-16(9-15)20-5/h6-9,13-14,19H,10-12,18H2,1-5H3. The average molecular weight is 278 g/mol. The maximum Gasteiger partial charge on any atom is 0.120 e. The Labute approximate surface area is 123 Å². The van der Waals surface area contributed by atoms with Gasteiger partial charge in [0, 0.05) is 18.3 Å². The molecule has 1 aromatic carbocycles. The summed E-state index contributed by atoms with van der Waals surface area (Å²) >= 11 is 0. The van der Waals surface area contributed by atoms with Crippen molar-refractivity contribution in [2.75, 3.05) is 19.0 Å². The van der Waals surface area contributed by atoms with Gasteiger partial charge in [0.1, 0.15) is 5.75 Å². The van der Waals surface area contributed by atoms with Crippen LogP contribution in [0.25, 0.3) is 0 Å². The smallest absolute Gasteiger partial charge is 0.120 e. The van der Waals surface area contributed by atoms with Gasteiger partial charge in [0.25, 0.3) is 0 Å². The molecule has 1 aromatic rings. The highest BCUT2D eigenvalue weighted by Gasteiger charge is 2.30. The lowest BCUT2D eigenvalue weighted by molar-refractivity contribution is 0.317. The lowest BCUT2D eigenvalue weighted by Gasteiger charge is -2.38. The first-order valence-corrected chi connectivity index (χ1v) is 7.53. The number of hydrogen-bond acceptors (Lipinski definition) is 3. The number of ether oxygens (including phenoxy) is 1. The van der Waals surface area contributed by atoms with Crippen LogP contribution in [0.15, 0.2) is 24.3 Å². The van der Waals surface area contributed by atoms with Crippen molar-refractivity contribution in [2.24, 2.45) is 17.6 Å². The number of nitrogens with two attached hydrogens (primary N) is 1. The molecular formula is C17H30N2O. The monoisotopic (exact) mass is 278 g/mol. The van der Waals surface area contributed by atoms with Crippen LogP contribution in [0.2, 0.25) is 0 Å². The molecule has 3 N–H and O–H groups in total. The van der Waals surface area contributed by atoms with E-state index in [9.17, 15) is 0 Å². The second kappa shape index (κ2) is 7.53. The summed E-state index contributed by atoms with van der Waals surface area (Å²) in [5.41, 5.74) is 7.16. The second-order valence-corrected chi connectivity index (χ2v) is 6.54. The summed E-state index contributed by atoms with van der Waals surface area (Å²) in [5, 5.41) is 3.67. The molecule has 0 atom stereocenters. The first-order valence-electron chi connectivity index (χ1n) is 7.53. The Bertz CT molecular complexity index is 392. The summed E-state index contributed by atoms with van der Waals surface area (Å²) in [6.07, 6.45) is 2.14. The number of benzene rings is 1. The van der Waals surface area contributed by atoms with Gasteiger partial charge in [-0.3, -0.25) is 0 Å². The minimum Gasteiger partial charge on any atom is -0.497 e. The van der Waals surface area contributed by atoms with Gasteiger partial charge in [-0.25, -0.2) is 0 Å². The van der Waals surface area contributed by atoms with Crippen molar-refractivity contribution in [3.8, 4) is 5.75 Å². The average Bonchev–Trinajstić information content (AvgIpc) is 2.37. The molecule has 0 bridgehead atoms. The summed E-state index contributed by atoms with van der Waals surface area (Å²) in [7, 11) is 1.69. The predicted molar refractivity (Wildman–Crippen MR) is 87.3 cm³/mol. The van der Waals surface area contributed by atoms with Crippen LogP contribution in [0.5, 0.6) is 5.75 Å². The SMILES string of the molecule is COc1cccc(NC(CN)(CC(C)C)CC(C)C)c1. The molecule has 1 rings (SSSR count). The van der Waals surface area contributed by atoms with Crippen LogP contribution in [0, 0.1) is 11.8 Å². The lowest BCUT2D eigenvalue weighted by atomic mass is 9.81. The number of methoxy groups -OCH3 is 1. The lowest BCUT2D eigenvalue weighted by Crippen LogP contribution is -2.47. The van der Waals surface area contributed by atoms with Gasteiger partial charge in [0.05, 0.1) is 12.6 Å². The Morgan fingerprint density at radius 1 is 1.15 bits per heavy atom. The predicted octanol–water partition coefficient (Wildman–Crippen LogP) is 3.90. The summed E-state index contributed by atoms with van der Waals surface area (Å²) in [4.78, 5) is 0. The van der Waals surface area contributed by atoms with Gasteiger partial charge in [0.2, 0.25) is 0 Å². The molecule has 114 valence electrons. The van der Waals surface area contributed by atoms with Gasteiger partial charge in [-0.2, -0.15) is 0 Å². The molecule has 0 radical (unpaired) electrons. The Kier molecular flexibility index (Phi) is 6.34. The van der Waals surface area contributed by atoms with Crippen LogP contribution in [0.1, 0.15) is 40.5 Å². The summed E-state index contributed by atoms with van der Waals surface area (Å²) < 4.78 is 5.29. The second-order valence-electron chi connectivity index (χ2n) is 6.54. The first-order chi connectivity index (χ1) is 9.40. The molecule has 20 heavy (non-hydrogen) atoms. The fourth-order valence-electron chi connectivity index (χ4n) is 2.97. The Morgan fingerprint density at radius 3 is 2.20 bits per heavy atom. The Morgan fingerprint density at radius 2 is 1.75 bits per heavy atom. The van der Waals surface area contributed by atoms with E-state index in [1.54, 1.807) is 7.11 Å². The molecule has 0 aromatic heterocycles. The third-order valence-electron chi connectivity index (χ3n) is 3.47. The Balaban J connectivity index is 2.97. The van der Waals surface area contributed by atoms with E-state index in [1.807, 2.05) is 18.2 Å². The van der Waals surface area contributed by atoms with Crippen molar-refractivity contribution in [3.63, 3.8) is 0 Å². The van der Waals surface area contributed by atoms with Gasteiger partial charge in [-0.05, 0) is 36.8 Å². The van der Waals surface area contributed by atoms with Crippen molar-refractivity contribution < 1.29 is 4.74 Å². The largest absolute Gasteiger partial charge is 0.497 e. The third kappa shape index (κ3) is 5.04. The van der Waals surface area contributed by atoms with Crippen molar-refractivity contribution in [1.29, 1.82) is 0 Å². The minimum atomic E-state index is -0.0469. The minimum absolute atomic E-state index is 0.0469. The summed E-state index contributed by atoms with van der Waals surface area (Å²) in [6, 6.07) is 8.08. The van der Waals surface area contributed by atoms with Crippen molar-refractivity contribution in [1.82, 2.24) is 0 Å². The van der Waals surface area contributed by atoms with E-state index < -0.39 is 0 Å². The molecular weight excluding hydrogens is 248 g/mol. The highest BCUT2D eigenvalue weighted by molar-refractivity contribution is 5.50. The van der Waals surface area contributed by atoms with E-state index in [2.05, 4.69) is 39.1 Å². The highest BCUT2D eigenvalue weighted by atomic mass is 16.5. The zero-order valence-electron chi connectivity index (χ0n) is 13.6. The summed E-state index contributed by atoms with van der Waals surface area (Å²) in [5.74, 6) is 2.08. The van der Waals surface area contributed by atoms with E-state index in [0.29, 0.717) is 18.4 Å². The van der Waals surface area contributed by atoms with Crippen molar-refractivity contribution in [3.05, 3.63) is 24.3 Å². The Hall–Kier alpha value is -1.22. The highest BCUT2D eigenvalue weighted by Crippen LogP contribution is 2.29. The molecule has 0 saturated heterocycles. The molecule has 0 fully saturated rings. The first kappa shape index (κ1) is 16.8. The van der Waals surface area contributed by atoms with Gasteiger partial charge in [-0.1, -0.05) is 33.8 Å². The van der Waals surface area contributed by atoms with Gasteiger partial charge < -0.3 is 15.8 Å². The van der Waals surface area contributed by atoms with Crippen LogP contribution < -0.4 is 15.8 Å². The molecule has 0 amide bonds. The zero-order valence-corrected chi connectivity index (χ0v) is 13.6. The maximum absolute atomic E-state index is 6.13. The molecule has 0 spiro atoms. The van der Waals surface area contributed by atoms with Crippen LogP contribution in [-0.2, 0) is 0 Å². The van der Waals surface area contributed by atoms with E-state index >= 15 is 0 Å². The fourth-order valence-corrected chi connectivity index (χ4v) is 2.97. The van der Waals surface area contributed by atoms with Gasteiger partial charge >= 0.3 is 0 Å². The molecule has 0 unspecified atom stereocenters. The quantitative estimate of drug-likeness (QED) is 0.758. The van der Waals surface area contributed by atoms with E-state index in [0.717, 1.165) is 24.3 Å². The topological polar surface area (TPSA) is 47.3 Å². The van der Waals surface area contributed by atoms with Gasteiger partial charge in [-0.15, -0.1) is 0 Å². The van der Waals surface area contributed by atoms with E-state index in [-0.39, 0.29) is 5.54 Å². The molecule has 0 aliphatic rings. The molecule has 3 nitrogen and oxygen atoms in total. The molecule has 0 heterocycles. The normalized spacial score (nSPS) is 12.0. The van der Waals surface area contributed by atoms with Crippen LogP contribution in [0.4, 0.5) is 5.69 Å². The molecule has 3 heteroatoms. The van der Waals surface area contributed by atoms with Crippen LogP contribution in [-0.4, -0.2) is 19.2 Å². The zero-order chi connectivity index (χ0) is 15.2. The maximum atomic E-state index is 6.13. The van der Waals surface area contributed by atoms with E-state index in [4.69, 9.17) is 10.5 Å². The summed E-state index contributed by atoms with van der Waals surface area (Å²) in [6.45, 7) is 9.63. The molecule has 0 aliphatic carbocycles. The number of nitrogens with one attached hydrogen (secondary N) is 1. The number of rotatable bonds is 8. The number of anilines is 1. The number of hydrogen-bond donors (Lipinski definition) is 2. The third-order valence-corrected chi connectivity index (χ3v) is 3.47. The molecule has 0 saturated carbocycles. The van der Waals surface area contributed by atoms with Gasteiger partial charge in [0.15, 0.2) is 0 Å². The fraction of sp³-hybridized carbons (Fsp3) is 0.647. The van der Waals surface area contributed by atoms with Crippen LogP contribution in [0.3, 0.4) is 0 Å². The molecule has 0 aliphatic heterocycles.